The minimum absolute atomic E-state index is 0.0464. The Kier molecular flexibility index (Phi) is 3.74. The van der Waals surface area contributed by atoms with Crippen LogP contribution in [0.1, 0.15) is 15.9 Å². The molecule has 0 N–H and O–H groups in total. The summed E-state index contributed by atoms with van der Waals surface area (Å²) in [7, 11) is 1.45. The Balaban J connectivity index is 2.54. The fourth-order valence-corrected chi connectivity index (χ4v) is 1.78. The molecule has 3 nitrogen and oxygen atoms in total. The Hall–Kier alpha value is -2.37. The highest BCUT2D eigenvalue weighted by Crippen LogP contribution is 2.33. The third kappa shape index (κ3) is 2.79. The van der Waals surface area contributed by atoms with Crippen molar-refractivity contribution in [2.45, 2.75) is 6.18 Å². The highest BCUT2D eigenvalue weighted by molar-refractivity contribution is 5.88. The lowest BCUT2D eigenvalue weighted by molar-refractivity contribution is -0.137. The van der Waals surface area contributed by atoms with Crippen molar-refractivity contribution in [1.82, 2.24) is 4.98 Å². The second-order valence-electron chi connectivity index (χ2n) is 4.03. The Morgan fingerprint density at radius 2 is 1.95 bits per heavy atom. The first-order chi connectivity index (χ1) is 9.45. The molecule has 0 aliphatic carbocycles. The van der Waals surface area contributed by atoms with Crippen LogP contribution in [0.5, 0.6) is 5.75 Å². The zero-order valence-corrected chi connectivity index (χ0v) is 10.4. The van der Waals surface area contributed by atoms with Gasteiger partial charge in [-0.25, -0.2) is 0 Å². The van der Waals surface area contributed by atoms with Crippen LogP contribution in [0.3, 0.4) is 0 Å². The quantitative estimate of drug-likeness (QED) is 0.807. The summed E-state index contributed by atoms with van der Waals surface area (Å²) in [4.78, 5) is 14.9. The summed E-state index contributed by atoms with van der Waals surface area (Å²) >= 11 is 0. The van der Waals surface area contributed by atoms with E-state index in [1.165, 1.54) is 25.6 Å². The average molecular weight is 281 g/mol. The number of halogens is 3. The molecule has 0 bridgehead atoms. The molecule has 20 heavy (non-hydrogen) atoms. The third-order valence-electron chi connectivity index (χ3n) is 2.77. The smallest absolute Gasteiger partial charge is 0.416 e. The molecule has 1 aromatic heterocycles. The molecule has 2 rings (SSSR count). The maximum Gasteiger partial charge on any atom is 0.416 e. The van der Waals surface area contributed by atoms with Gasteiger partial charge in [-0.3, -0.25) is 9.78 Å². The van der Waals surface area contributed by atoms with E-state index < -0.39 is 11.7 Å². The normalized spacial score (nSPS) is 11.2. The summed E-state index contributed by atoms with van der Waals surface area (Å²) in [6, 6.07) is 4.61. The van der Waals surface area contributed by atoms with Gasteiger partial charge in [0.05, 0.1) is 18.9 Å². The number of methoxy groups -OCH3 is 1. The molecule has 2 aromatic rings. The number of carbonyl (C=O) groups excluding carboxylic acids is 1. The van der Waals surface area contributed by atoms with Crippen LogP contribution in [-0.2, 0) is 6.18 Å². The van der Waals surface area contributed by atoms with Crippen molar-refractivity contribution in [3.8, 4) is 16.9 Å². The lowest BCUT2D eigenvalue weighted by Crippen LogP contribution is -2.06. The Morgan fingerprint density at radius 1 is 1.20 bits per heavy atom. The highest BCUT2D eigenvalue weighted by atomic mass is 19.4. The first kappa shape index (κ1) is 14.0. The van der Waals surface area contributed by atoms with E-state index in [4.69, 9.17) is 4.74 Å². The van der Waals surface area contributed by atoms with E-state index in [0.29, 0.717) is 23.2 Å². The van der Waals surface area contributed by atoms with E-state index in [1.54, 1.807) is 6.07 Å². The Labute approximate surface area is 113 Å². The third-order valence-corrected chi connectivity index (χ3v) is 2.77. The number of hydrogen-bond acceptors (Lipinski definition) is 3. The number of rotatable bonds is 3. The molecule has 0 saturated carbocycles. The summed E-state index contributed by atoms with van der Waals surface area (Å²) in [5.74, 6) is 0.458. The van der Waals surface area contributed by atoms with Crippen LogP contribution in [0.2, 0.25) is 0 Å². The minimum atomic E-state index is -4.48. The van der Waals surface area contributed by atoms with Crippen LogP contribution in [0, 0.1) is 0 Å². The van der Waals surface area contributed by atoms with Gasteiger partial charge in [0.1, 0.15) is 5.75 Å². The fourth-order valence-electron chi connectivity index (χ4n) is 1.78. The average Bonchev–Trinajstić information content (AvgIpc) is 2.45. The fraction of sp³-hybridized carbons (Fsp3) is 0.143. The van der Waals surface area contributed by atoms with Gasteiger partial charge < -0.3 is 4.74 Å². The largest absolute Gasteiger partial charge is 0.495 e. The van der Waals surface area contributed by atoms with Crippen LogP contribution in [0.4, 0.5) is 13.2 Å². The summed E-state index contributed by atoms with van der Waals surface area (Å²) in [6.45, 7) is 0. The van der Waals surface area contributed by atoms with Gasteiger partial charge in [0.25, 0.3) is 0 Å². The highest BCUT2D eigenvalue weighted by Gasteiger charge is 2.31. The van der Waals surface area contributed by atoms with Gasteiger partial charge >= 0.3 is 6.18 Å². The topological polar surface area (TPSA) is 39.2 Å². The molecular formula is C14H10F3NO2. The van der Waals surface area contributed by atoms with Crippen LogP contribution in [0.15, 0.2) is 36.7 Å². The van der Waals surface area contributed by atoms with E-state index in [0.717, 1.165) is 12.1 Å². The number of nitrogens with zero attached hydrogens (tertiary/aromatic N) is 1. The standard InChI is InChI=1S/C14H10F3NO2/c1-20-12-5-9(6-18-7-12)13-3-2-11(14(15,16)17)4-10(13)8-19/h2-8H,1H3. The van der Waals surface area contributed by atoms with Crippen LogP contribution in [-0.4, -0.2) is 18.4 Å². The van der Waals surface area contributed by atoms with Gasteiger partial charge in [-0.05, 0) is 23.8 Å². The van der Waals surface area contributed by atoms with Crippen molar-refractivity contribution < 1.29 is 22.7 Å². The number of carbonyl (C=O) groups is 1. The molecule has 1 aromatic carbocycles. The summed E-state index contributed by atoms with van der Waals surface area (Å²) in [5.41, 5.74) is -0.0198. The first-order valence-corrected chi connectivity index (χ1v) is 5.61. The molecule has 0 fully saturated rings. The molecule has 104 valence electrons. The number of benzene rings is 1. The molecule has 0 aliphatic rings. The number of aromatic nitrogens is 1. The lowest BCUT2D eigenvalue weighted by Gasteiger charge is -2.11. The molecule has 0 atom stereocenters. The van der Waals surface area contributed by atoms with Crippen molar-refractivity contribution in [3.05, 3.63) is 47.8 Å². The summed E-state index contributed by atoms with van der Waals surface area (Å²) in [6.07, 6.45) is -1.17. The zero-order chi connectivity index (χ0) is 14.8. The van der Waals surface area contributed by atoms with Crippen molar-refractivity contribution in [1.29, 1.82) is 0 Å². The molecule has 0 unspecified atom stereocenters. The monoisotopic (exact) mass is 281 g/mol. The zero-order valence-electron chi connectivity index (χ0n) is 10.4. The van der Waals surface area contributed by atoms with E-state index in [1.807, 2.05) is 0 Å². The molecule has 6 heteroatoms. The van der Waals surface area contributed by atoms with Gasteiger partial charge in [0.15, 0.2) is 6.29 Å². The van der Waals surface area contributed by atoms with Gasteiger partial charge in [-0.15, -0.1) is 0 Å². The van der Waals surface area contributed by atoms with Gasteiger partial charge in [-0.2, -0.15) is 13.2 Å². The van der Waals surface area contributed by atoms with Gasteiger partial charge in [-0.1, -0.05) is 6.07 Å². The molecule has 0 radical (unpaired) electrons. The SMILES string of the molecule is COc1cncc(-c2ccc(C(F)(F)F)cc2C=O)c1. The molecule has 0 amide bonds. The first-order valence-electron chi connectivity index (χ1n) is 5.61. The number of pyridine rings is 1. The van der Waals surface area contributed by atoms with Gasteiger partial charge in [0, 0.05) is 17.3 Å². The molecular weight excluding hydrogens is 271 g/mol. The van der Waals surface area contributed by atoms with Crippen LogP contribution in [0.25, 0.3) is 11.1 Å². The van der Waals surface area contributed by atoms with Crippen molar-refractivity contribution >= 4 is 6.29 Å². The number of ether oxygens (including phenoxy) is 1. The lowest BCUT2D eigenvalue weighted by atomic mass is 9.99. The summed E-state index contributed by atoms with van der Waals surface area (Å²) < 4.78 is 42.8. The second kappa shape index (κ2) is 5.32. The predicted octanol–water partition coefficient (Wildman–Crippen LogP) is 3.59. The maximum absolute atomic E-state index is 12.6. The van der Waals surface area contributed by atoms with E-state index in [-0.39, 0.29) is 5.56 Å². The second-order valence-corrected chi connectivity index (χ2v) is 4.03. The maximum atomic E-state index is 12.6. The number of alkyl halides is 3. The number of aldehydes is 1. The molecule has 0 saturated heterocycles. The molecule has 0 spiro atoms. The van der Waals surface area contributed by atoms with Gasteiger partial charge in [0.2, 0.25) is 0 Å². The summed E-state index contributed by atoms with van der Waals surface area (Å²) in [5, 5.41) is 0. The Bertz CT molecular complexity index is 639. The Morgan fingerprint density at radius 3 is 2.55 bits per heavy atom. The van der Waals surface area contributed by atoms with Crippen molar-refractivity contribution in [3.63, 3.8) is 0 Å². The van der Waals surface area contributed by atoms with E-state index in [9.17, 15) is 18.0 Å². The predicted molar refractivity (Wildman–Crippen MR) is 66.6 cm³/mol. The van der Waals surface area contributed by atoms with Crippen LogP contribution < -0.4 is 4.74 Å². The molecule has 0 aliphatic heterocycles. The van der Waals surface area contributed by atoms with Crippen molar-refractivity contribution in [2.75, 3.05) is 7.11 Å². The van der Waals surface area contributed by atoms with E-state index in [2.05, 4.69) is 4.98 Å². The van der Waals surface area contributed by atoms with Crippen molar-refractivity contribution in [2.24, 2.45) is 0 Å². The number of hydrogen-bond donors (Lipinski definition) is 0. The van der Waals surface area contributed by atoms with Crippen LogP contribution >= 0.6 is 0 Å². The van der Waals surface area contributed by atoms with E-state index >= 15 is 0 Å². The minimum Gasteiger partial charge on any atom is -0.495 e. The molecule has 1 heterocycles.